The van der Waals surface area contributed by atoms with Gasteiger partial charge in [-0.2, -0.15) is 0 Å². The summed E-state index contributed by atoms with van der Waals surface area (Å²) >= 11 is 5.60. The Bertz CT molecular complexity index is 430. The van der Waals surface area contributed by atoms with Gasteiger partial charge in [0, 0.05) is 0 Å². The monoisotopic (exact) mass is 180 g/mol. The second kappa shape index (κ2) is 2.60. The second-order valence-electron chi connectivity index (χ2n) is 2.37. The maximum atomic E-state index is 11.3. The van der Waals surface area contributed by atoms with E-state index in [0.29, 0.717) is 10.4 Å². The summed E-state index contributed by atoms with van der Waals surface area (Å²) in [7, 11) is 0. The first-order chi connectivity index (χ1) is 5.79. The summed E-state index contributed by atoms with van der Waals surface area (Å²) in [5.41, 5.74) is 0.352. The van der Waals surface area contributed by atoms with E-state index in [2.05, 4.69) is 4.98 Å². The molecule has 3 nitrogen and oxygen atoms in total. The van der Waals surface area contributed by atoms with Crippen LogP contribution in [-0.4, -0.2) is 4.98 Å². The summed E-state index contributed by atoms with van der Waals surface area (Å²) in [5, 5.41) is 12.2. The molecule has 12 heavy (non-hydrogen) atoms. The smallest absolute Gasteiger partial charge is 0.334 e. The molecule has 0 aliphatic carbocycles. The van der Waals surface area contributed by atoms with Crippen molar-refractivity contribution in [1.29, 1.82) is 0 Å². The number of halogens is 1. The van der Waals surface area contributed by atoms with E-state index in [1.165, 1.54) is 0 Å². The molecule has 0 bridgehead atoms. The minimum atomic E-state index is 0.140. The quantitative estimate of drug-likeness (QED) is 0.350. The van der Waals surface area contributed by atoms with Gasteiger partial charge in [0.05, 0.1) is 5.39 Å². The molecule has 2 aromatic rings. The Morgan fingerprint density at radius 2 is 2.17 bits per heavy atom. The van der Waals surface area contributed by atoms with E-state index in [-0.39, 0.29) is 5.15 Å². The standard InChI is InChI=1S/C8H5ClN2O/c9-7-4-3-6-2-1-5-10-8(6)11(7)12/h1-5H. The van der Waals surface area contributed by atoms with Gasteiger partial charge in [-0.05, 0) is 40.9 Å². The molecule has 0 saturated carbocycles. The van der Waals surface area contributed by atoms with Crippen molar-refractivity contribution >= 4 is 22.6 Å². The molecule has 2 heterocycles. The first-order valence-corrected chi connectivity index (χ1v) is 3.79. The molecule has 0 saturated heterocycles. The van der Waals surface area contributed by atoms with Crippen LogP contribution in [0.4, 0.5) is 0 Å². The fourth-order valence-electron chi connectivity index (χ4n) is 1.04. The zero-order valence-electron chi connectivity index (χ0n) is 6.07. The molecule has 4 heteroatoms. The van der Waals surface area contributed by atoms with Gasteiger partial charge in [0.25, 0.3) is 0 Å². The maximum absolute atomic E-state index is 11.3. The molecule has 0 radical (unpaired) electrons. The third-order valence-electron chi connectivity index (χ3n) is 1.60. The molecule has 0 spiro atoms. The molecule has 0 unspecified atom stereocenters. The Kier molecular flexibility index (Phi) is 1.59. The molecule has 0 N–H and O–H groups in total. The van der Waals surface area contributed by atoms with Crippen molar-refractivity contribution in [1.82, 2.24) is 4.98 Å². The third kappa shape index (κ3) is 0.987. The number of aromatic nitrogens is 2. The Morgan fingerprint density at radius 3 is 3.00 bits per heavy atom. The first kappa shape index (κ1) is 7.31. The van der Waals surface area contributed by atoms with Gasteiger partial charge in [0.1, 0.15) is 6.20 Å². The highest BCUT2D eigenvalue weighted by atomic mass is 35.5. The van der Waals surface area contributed by atoms with Crippen LogP contribution in [0.2, 0.25) is 5.15 Å². The van der Waals surface area contributed by atoms with Gasteiger partial charge in [0.15, 0.2) is 5.15 Å². The van der Waals surface area contributed by atoms with Crippen molar-refractivity contribution in [2.24, 2.45) is 0 Å². The SMILES string of the molecule is [O-][n+]1c(Cl)ccc2cccnc21. The number of nitrogens with zero attached hydrogens (tertiary/aromatic N) is 2. The molecule has 0 atom stereocenters. The van der Waals surface area contributed by atoms with Crippen LogP contribution in [-0.2, 0) is 0 Å². The van der Waals surface area contributed by atoms with E-state index in [0.717, 1.165) is 5.39 Å². The number of hydrogen-bond donors (Lipinski definition) is 0. The van der Waals surface area contributed by atoms with Gasteiger partial charge >= 0.3 is 5.65 Å². The van der Waals surface area contributed by atoms with Crippen LogP contribution in [0.15, 0.2) is 30.5 Å². The highest BCUT2D eigenvalue weighted by Gasteiger charge is 2.05. The largest absolute Gasteiger partial charge is 0.709 e. The molecule has 0 aliphatic rings. The van der Waals surface area contributed by atoms with E-state index in [9.17, 15) is 5.21 Å². The second-order valence-corrected chi connectivity index (χ2v) is 2.75. The van der Waals surface area contributed by atoms with Crippen LogP contribution < -0.4 is 4.73 Å². The number of hydrogen-bond acceptors (Lipinski definition) is 2. The van der Waals surface area contributed by atoms with Crippen molar-refractivity contribution in [3.63, 3.8) is 0 Å². The zero-order valence-corrected chi connectivity index (χ0v) is 6.82. The van der Waals surface area contributed by atoms with Gasteiger partial charge in [-0.25, -0.2) is 4.73 Å². The Labute approximate surface area is 73.8 Å². The molecule has 0 aromatic carbocycles. The summed E-state index contributed by atoms with van der Waals surface area (Å²) in [6.07, 6.45) is 1.56. The van der Waals surface area contributed by atoms with Gasteiger partial charge < -0.3 is 5.21 Å². The summed E-state index contributed by atoms with van der Waals surface area (Å²) in [4.78, 5) is 3.91. The highest BCUT2D eigenvalue weighted by Crippen LogP contribution is 2.09. The fraction of sp³-hybridized carbons (Fsp3) is 0. The lowest BCUT2D eigenvalue weighted by molar-refractivity contribution is -0.576. The van der Waals surface area contributed by atoms with E-state index >= 15 is 0 Å². The van der Waals surface area contributed by atoms with Crippen molar-refractivity contribution in [3.05, 3.63) is 40.8 Å². The molecular weight excluding hydrogens is 176 g/mol. The zero-order chi connectivity index (χ0) is 8.55. The van der Waals surface area contributed by atoms with Gasteiger partial charge in [0.2, 0.25) is 0 Å². The molecule has 0 aliphatic heterocycles. The lowest BCUT2D eigenvalue weighted by Crippen LogP contribution is -2.29. The minimum absolute atomic E-state index is 0.140. The van der Waals surface area contributed by atoms with Crippen molar-refractivity contribution in [2.45, 2.75) is 0 Å². The van der Waals surface area contributed by atoms with Crippen LogP contribution >= 0.6 is 11.6 Å². The Hall–Kier alpha value is -1.35. The van der Waals surface area contributed by atoms with Crippen LogP contribution in [0.3, 0.4) is 0 Å². The molecule has 60 valence electrons. The lowest BCUT2D eigenvalue weighted by Gasteiger charge is -2.04. The van der Waals surface area contributed by atoms with Crippen molar-refractivity contribution in [2.75, 3.05) is 0 Å². The molecule has 2 rings (SSSR count). The van der Waals surface area contributed by atoms with E-state index in [1.807, 2.05) is 6.07 Å². The average molecular weight is 181 g/mol. The molecular formula is C8H5ClN2O. The third-order valence-corrected chi connectivity index (χ3v) is 1.88. The Balaban J connectivity index is 2.91. The minimum Gasteiger partial charge on any atom is -0.709 e. The first-order valence-electron chi connectivity index (χ1n) is 3.42. The normalized spacial score (nSPS) is 10.4. The number of rotatable bonds is 0. The van der Waals surface area contributed by atoms with Crippen LogP contribution in [0.1, 0.15) is 0 Å². The van der Waals surface area contributed by atoms with Crippen molar-refractivity contribution < 1.29 is 4.73 Å². The molecule has 0 amide bonds. The van der Waals surface area contributed by atoms with Crippen LogP contribution in [0.5, 0.6) is 0 Å². The number of fused-ring (bicyclic) bond motifs is 1. The van der Waals surface area contributed by atoms with E-state index < -0.39 is 0 Å². The highest BCUT2D eigenvalue weighted by molar-refractivity contribution is 6.28. The van der Waals surface area contributed by atoms with Crippen molar-refractivity contribution in [3.8, 4) is 0 Å². The number of pyridine rings is 2. The predicted octanol–water partition coefficient (Wildman–Crippen LogP) is 1.52. The van der Waals surface area contributed by atoms with Crippen LogP contribution in [0, 0.1) is 5.21 Å². The Morgan fingerprint density at radius 1 is 1.33 bits per heavy atom. The van der Waals surface area contributed by atoms with E-state index in [4.69, 9.17) is 11.6 Å². The van der Waals surface area contributed by atoms with Gasteiger partial charge in [-0.1, -0.05) is 0 Å². The fourth-order valence-corrected chi connectivity index (χ4v) is 1.18. The van der Waals surface area contributed by atoms with Crippen LogP contribution in [0.25, 0.3) is 11.0 Å². The average Bonchev–Trinajstić information content (AvgIpc) is 2.12. The summed E-state index contributed by atoms with van der Waals surface area (Å²) in [5.74, 6) is 0. The summed E-state index contributed by atoms with van der Waals surface area (Å²) in [6.45, 7) is 0. The molecule has 0 fully saturated rings. The molecule has 2 aromatic heterocycles. The summed E-state index contributed by atoms with van der Waals surface area (Å²) in [6, 6.07) is 6.90. The predicted molar refractivity (Wildman–Crippen MR) is 45.7 cm³/mol. The topological polar surface area (TPSA) is 39.8 Å². The van der Waals surface area contributed by atoms with E-state index in [1.54, 1.807) is 24.4 Å². The lowest BCUT2D eigenvalue weighted by atomic mass is 10.3. The van der Waals surface area contributed by atoms with Gasteiger partial charge in [-0.3, -0.25) is 0 Å². The maximum Gasteiger partial charge on any atom is 0.334 e. The summed E-state index contributed by atoms with van der Waals surface area (Å²) < 4.78 is 0.608. The van der Waals surface area contributed by atoms with Gasteiger partial charge in [-0.15, -0.1) is 0 Å².